The molecule has 2 rings (SSSR count). The third-order valence-corrected chi connectivity index (χ3v) is 2.82. The molecule has 2 aromatic rings. The number of aryl methyl sites for hydroxylation is 1. The highest BCUT2D eigenvalue weighted by molar-refractivity contribution is 6.10. The Kier molecular flexibility index (Phi) is 3.44. The van der Waals surface area contributed by atoms with Gasteiger partial charge in [-0.15, -0.1) is 0 Å². The standard InChI is InChI=1S/C15H14O3/c1-10-7-11(9-16)8-13(14(10)17)15(18)12-5-3-2-4-6-12/h2-8,16-17H,9H2,1H3. The van der Waals surface area contributed by atoms with Crippen LogP contribution in [0.4, 0.5) is 0 Å². The number of phenolic OH excluding ortho intramolecular Hbond substituents is 1. The van der Waals surface area contributed by atoms with E-state index >= 15 is 0 Å². The third kappa shape index (κ3) is 2.26. The van der Waals surface area contributed by atoms with Crippen LogP contribution in [0.2, 0.25) is 0 Å². The topological polar surface area (TPSA) is 57.5 Å². The molecule has 0 unspecified atom stereocenters. The molecule has 0 heterocycles. The molecule has 0 saturated carbocycles. The van der Waals surface area contributed by atoms with E-state index in [1.165, 1.54) is 6.07 Å². The summed E-state index contributed by atoms with van der Waals surface area (Å²) in [7, 11) is 0. The zero-order valence-corrected chi connectivity index (χ0v) is 10.1. The molecule has 0 atom stereocenters. The summed E-state index contributed by atoms with van der Waals surface area (Å²) < 4.78 is 0. The molecule has 0 amide bonds. The molecule has 2 N–H and O–H groups in total. The van der Waals surface area contributed by atoms with E-state index in [0.717, 1.165) is 0 Å². The zero-order chi connectivity index (χ0) is 13.1. The van der Waals surface area contributed by atoms with Crippen LogP contribution < -0.4 is 0 Å². The van der Waals surface area contributed by atoms with E-state index in [9.17, 15) is 9.90 Å². The average Bonchev–Trinajstić information content (AvgIpc) is 2.42. The average molecular weight is 242 g/mol. The van der Waals surface area contributed by atoms with Crippen molar-refractivity contribution in [1.82, 2.24) is 0 Å². The van der Waals surface area contributed by atoms with Crippen LogP contribution in [0.25, 0.3) is 0 Å². The van der Waals surface area contributed by atoms with Crippen molar-refractivity contribution in [3.63, 3.8) is 0 Å². The Balaban J connectivity index is 2.51. The van der Waals surface area contributed by atoms with Gasteiger partial charge in [-0.1, -0.05) is 36.4 Å². The van der Waals surface area contributed by atoms with Crippen LogP contribution in [-0.4, -0.2) is 16.0 Å². The van der Waals surface area contributed by atoms with Gasteiger partial charge in [-0.2, -0.15) is 0 Å². The fourth-order valence-electron chi connectivity index (χ4n) is 1.86. The van der Waals surface area contributed by atoms with Gasteiger partial charge in [-0.25, -0.2) is 0 Å². The molecule has 0 radical (unpaired) electrons. The van der Waals surface area contributed by atoms with E-state index in [0.29, 0.717) is 16.7 Å². The lowest BCUT2D eigenvalue weighted by atomic mass is 9.98. The summed E-state index contributed by atoms with van der Waals surface area (Å²) in [6.07, 6.45) is 0. The molecule has 0 fully saturated rings. The maximum atomic E-state index is 12.2. The first kappa shape index (κ1) is 12.3. The number of rotatable bonds is 3. The normalized spacial score (nSPS) is 10.3. The fourth-order valence-corrected chi connectivity index (χ4v) is 1.86. The second-order valence-corrected chi connectivity index (χ2v) is 4.16. The number of ketones is 1. The highest BCUT2D eigenvalue weighted by Gasteiger charge is 2.15. The molecule has 3 nitrogen and oxygen atoms in total. The molecule has 3 heteroatoms. The van der Waals surface area contributed by atoms with Crippen LogP contribution in [0.1, 0.15) is 27.0 Å². The Bertz CT molecular complexity index is 574. The molecule has 0 saturated heterocycles. The van der Waals surface area contributed by atoms with Crippen molar-refractivity contribution < 1.29 is 15.0 Å². The summed E-state index contributed by atoms with van der Waals surface area (Å²) in [5.41, 5.74) is 1.94. The molecule has 0 aliphatic carbocycles. The Morgan fingerprint density at radius 2 is 1.83 bits per heavy atom. The van der Waals surface area contributed by atoms with E-state index in [1.54, 1.807) is 37.3 Å². The lowest BCUT2D eigenvalue weighted by Crippen LogP contribution is -2.03. The van der Waals surface area contributed by atoms with Crippen LogP contribution in [0.5, 0.6) is 5.75 Å². The Morgan fingerprint density at radius 1 is 1.17 bits per heavy atom. The Morgan fingerprint density at radius 3 is 2.44 bits per heavy atom. The number of aromatic hydroxyl groups is 1. The predicted octanol–water partition coefficient (Wildman–Crippen LogP) is 2.42. The maximum Gasteiger partial charge on any atom is 0.196 e. The van der Waals surface area contributed by atoms with Crippen LogP contribution in [0.3, 0.4) is 0 Å². The van der Waals surface area contributed by atoms with Gasteiger partial charge >= 0.3 is 0 Å². The smallest absolute Gasteiger partial charge is 0.196 e. The molecular formula is C15H14O3. The van der Waals surface area contributed by atoms with E-state index in [2.05, 4.69) is 0 Å². The number of benzene rings is 2. The van der Waals surface area contributed by atoms with Crippen molar-refractivity contribution in [2.75, 3.05) is 0 Å². The third-order valence-electron chi connectivity index (χ3n) is 2.82. The van der Waals surface area contributed by atoms with Crippen molar-refractivity contribution in [3.8, 4) is 5.75 Å². The number of hydrogen-bond acceptors (Lipinski definition) is 3. The van der Waals surface area contributed by atoms with Crippen molar-refractivity contribution in [3.05, 3.63) is 64.7 Å². The molecule has 0 aromatic heterocycles. The summed E-state index contributed by atoms with van der Waals surface area (Å²) in [5.74, 6) is -0.271. The van der Waals surface area contributed by atoms with E-state index in [4.69, 9.17) is 5.11 Å². The van der Waals surface area contributed by atoms with Crippen LogP contribution >= 0.6 is 0 Å². The second-order valence-electron chi connectivity index (χ2n) is 4.16. The summed E-state index contributed by atoms with van der Waals surface area (Å²) >= 11 is 0. The summed E-state index contributed by atoms with van der Waals surface area (Å²) in [4.78, 5) is 12.2. The van der Waals surface area contributed by atoms with Crippen molar-refractivity contribution in [1.29, 1.82) is 0 Å². The number of aliphatic hydroxyl groups is 1. The number of hydrogen-bond donors (Lipinski definition) is 2. The summed E-state index contributed by atoms with van der Waals surface area (Å²) in [6.45, 7) is 1.55. The van der Waals surface area contributed by atoms with Crippen LogP contribution in [0.15, 0.2) is 42.5 Å². The Hall–Kier alpha value is -2.13. The van der Waals surface area contributed by atoms with Gasteiger partial charge in [-0.05, 0) is 24.1 Å². The minimum Gasteiger partial charge on any atom is -0.507 e. The van der Waals surface area contributed by atoms with Gasteiger partial charge in [0, 0.05) is 5.56 Å². The van der Waals surface area contributed by atoms with Gasteiger partial charge in [-0.3, -0.25) is 4.79 Å². The number of carbonyl (C=O) groups excluding carboxylic acids is 1. The van der Waals surface area contributed by atoms with Gasteiger partial charge in [0.2, 0.25) is 0 Å². The fraction of sp³-hybridized carbons (Fsp3) is 0.133. The monoisotopic (exact) mass is 242 g/mol. The summed E-state index contributed by atoms with van der Waals surface area (Å²) in [6, 6.07) is 12.0. The first-order valence-corrected chi connectivity index (χ1v) is 5.66. The van der Waals surface area contributed by atoms with Gasteiger partial charge in [0.15, 0.2) is 5.78 Å². The molecule has 2 aromatic carbocycles. The molecule has 0 spiro atoms. The minimum atomic E-state index is -0.244. The summed E-state index contributed by atoms with van der Waals surface area (Å²) in [5, 5.41) is 19.1. The predicted molar refractivity (Wildman–Crippen MR) is 68.6 cm³/mol. The number of aliphatic hydroxyl groups excluding tert-OH is 1. The van der Waals surface area contributed by atoms with Gasteiger partial charge in [0.25, 0.3) is 0 Å². The van der Waals surface area contributed by atoms with Gasteiger partial charge in [0.05, 0.1) is 12.2 Å². The number of phenols is 1. The van der Waals surface area contributed by atoms with Crippen LogP contribution in [-0.2, 0) is 6.61 Å². The largest absolute Gasteiger partial charge is 0.507 e. The van der Waals surface area contributed by atoms with E-state index in [-0.39, 0.29) is 23.7 Å². The quantitative estimate of drug-likeness (QED) is 0.813. The zero-order valence-electron chi connectivity index (χ0n) is 10.1. The Labute approximate surface area is 105 Å². The van der Waals surface area contributed by atoms with Gasteiger partial charge < -0.3 is 10.2 Å². The highest BCUT2D eigenvalue weighted by atomic mass is 16.3. The molecule has 0 aliphatic rings. The lowest BCUT2D eigenvalue weighted by molar-refractivity contribution is 0.103. The molecule has 92 valence electrons. The highest BCUT2D eigenvalue weighted by Crippen LogP contribution is 2.26. The minimum absolute atomic E-state index is 0.0268. The molecule has 18 heavy (non-hydrogen) atoms. The van der Waals surface area contributed by atoms with E-state index in [1.807, 2.05) is 6.07 Å². The van der Waals surface area contributed by atoms with Gasteiger partial charge in [0.1, 0.15) is 5.75 Å². The number of carbonyl (C=O) groups is 1. The molecular weight excluding hydrogens is 228 g/mol. The van der Waals surface area contributed by atoms with Crippen molar-refractivity contribution in [2.45, 2.75) is 13.5 Å². The molecule has 0 bridgehead atoms. The van der Waals surface area contributed by atoms with Crippen molar-refractivity contribution >= 4 is 5.78 Å². The second kappa shape index (κ2) is 5.02. The van der Waals surface area contributed by atoms with Crippen molar-refractivity contribution in [2.24, 2.45) is 0 Å². The maximum absolute atomic E-state index is 12.2. The first-order valence-electron chi connectivity index (χ1n) is 5.66. The van der Waals surface area contributed by atoms with Crippen LogP contribution in [0, 0.1) is 6.92 Å². The lowest BCUT2D eigenvalue weighted by Gasteiger charge is -2.09. The first-order chi connectivity index (χ1) is 8.63. The van der Waals surface area contributed by atoms with E-state index < -0.39 is 0 Å². The molecule has 0 aliphatic heterocycles. The SMILES string of the molecule is Cc1cc(CO)cc(C(=O)c2ccccc2)c1O.